The maximum absolute atomic E-state index is 13.6. The molecule has 1 aromatic rings. The average molecular weight is 447 g/mol. The van der Waals surface area contributed by atoms with Gasteiger partial charge in [0, 0.05) is 24.7 Å². The molecule has 31 heavy (non-hydrogen) atoms. The van der Waals surface area contributed by atoms with Crippen molar-refractivity contribution in [3.8, 4) is 0 Å². The highest BCUT2D eigenvalue weighted by atomic mass is 35.5. The van der Waals surface area contributed by atoms with E-state index in [-0.39, 0.29) is 23.5 Å². The van der Waals surface area contributed by atoms with E-state index < -0.39 is 0 Å². The predicted molar refractivity (Wildman–Crippen MR) is 128 cm³/mol. The third-order valence-corrected chi connectivity index (χ3v) is 8.58. The van der Waals surface area contributed by atoms with E-state index in [4.69, 9.17) is 0 Å². The van der Waals surface area contributed by atoms with Gasteiger partial charge in [0.2, 0.25) is 0 Å². The van der Waals surface area contributed by atoms with Gasteiger partial charge < -0.3 is 15.1 Å². The zero-order valence-electron chi connectivity index (χ0n) is 19.2. The number of amides is 2. The minimum absolute atomic E-state index is 0. The molecule has 1 aromatic carbocycles. The van der Waals surface area contributed by atoms with Crippen LogP contribution in [0.25, 0.3) is 0 Å². The van der Waals surface area contributed by atoms with E-state index in [9.17, 15) is 4.79 Å². The van der Waals surface area contributed by atoms with E-state index in [1.165, 1.54) is 18.4 Å². The first-order valence-corrected chi connectivity index (χ1v) is 12.1. The lowest BCUT2D eigenvalue weighted by atomic mass is 9.68. The Labute approximate surface area is 193 Å². The standard InChI is InChI=1S/C25H38N4O.ClH/c1-27(2)25(21-6-4-3-5-7-21)14-12-24(13-15-25)19-28(22-10-16-26-17-11-22)23(30)29(24)18-20-8-9-20;/h3-7,20,22,26H,8-19H2,1-2H3;1H/t24-,25-;. The van der Waals surface area contributed by atoms with Gasteiger partial charge >= 0.3 is 6.03 Å². The summed E-state index contributed by atoms with van der Waals surface area (Å²) in [6.07, 6.45) is 9.28. The van der Waals surface area contributed by atoms with Crippen molar-refractivity contribution in [2.75, 3.05) is 40.3 Å². The molecule has 2 aliphatic heterocycles. The van der Waals surface area contributed by atoms with E-state index in [0.29, 0.717) is 12.1 Å². The zero-order chi connectivity index (χ0) is 20.8. The van der Waals surface area contributed by atoms with Crippen LogP contribution in [0.4, 0.5) is 4.79 Å². The van der Waals surface area contributed by atoms with Crippen molar-refractivity contribution >= 4 is 18.4 Å². The monoisotopic (exact) mass is 446 g/mol. The first-order valence-electron chi connectivity index (χ1n) is 12.1. The first-order chi connectivity index (χ1) is 14.5. The van der Waals surface area contributed by atoms with Crippen LogP contribution in [0.1, 0.15) is 56.9 Å². The Morgan fingerprint density at radius 2 is 1.65 bits per heavy atom. The zero-order valence-corrected chi connectivity index (χ0v) is 20.0. The van der Waals surface area contributed by atoms with Crippen LogP contribution in [0.15, 0.2) is 30.3 Å². The number of hydrogen-bond acceptors (Lipinski definition) is 3. The summed E-state index contributed by atoms with van der Waals surface area (Å²) < 4.78 is 0. The number of carbonyl (C=O) groups is 1. The second kappa shape index (κ2) is 8.92. The van der Waals surface area contributed by atoms with Crippen molar-refractivity contribution < 1.29 is 4.79 Å². The van der Waals surface area contributed by atoms with E-state index in [2.05, 4.69) is 64.4 Å². The van der Waals surface area contributed by atoms with Crippen LogP contribution in [0.5, 0.6) is 0 Å². The molecule has 1 N–H and O–H groups in total. The van der Waals surface area contributed by atoms with Crippen molar-refractivity contribution in [3.63, 3.8) is 0 Å². The molecule has 2 heterocycles. The van der Waals surface area contributed by atoms with E-state index in [1.54, 1.807) is 0 Å². The third kappa shape index (κ3) is 4.09. The molecule has 172 valence electrons. The van der Waals surface area contributed by atoms with Gasteiger partial charge in [0.25, 0.3) is 0 Å². The Morgan fingerprint density at radius 3 is 2.23 bits per heavy atom. The summed E-state index contributed by atoms with van der Waals surface area (Å²) in [7, 11) is 4.46. The van der Waals surface area contributed by atoms with Crippen LogP contribution < -0.4 is 5.32 Å². The molecule has 6 heteroatoms. The molecule has 0 bridgehead atoms. The summed E-state index contributed by atoms with van der Waals surface area (Å²) >= 11 is 0. The number of halogens is 1. The number of hydrogen-bond donors (Lipinski definition) is 1. The molecule has 5 rings (SSSR count). The van der Waals surface area contributed by atoms with E-state index >= 15 is 0 Å². The highest BCUT2D eigenvalue weighted by molar-refractivity contribution is 5.85. The van der Waals surface area contributed by atoms with E-state index in [1.807, 2.05) is 0 Å². The Bertz CT molecular complexity index is 752. The van der Waals surface area contributed by atoms with Crippen molar-refractivity contribution in [2.45, 2.75) is 68.5 Å². The fraction of sp³-hybridized carbons (Fsp3) is 0.720. The fourth-order valence-corrected chi connectivity index (χ4v) is 6.36. The molecule has 2 saturated carbocycles. The molecular formula is C25H39ClN4O. The smallest absolute Gasteiger partial charge is 0.319 e. The Kier molecular flexibility index (Phi) is 6.58. The fourth-order valence-electron chi connectivity index (χ4n) is 6.36. The molecule has 2 amide bonds. The number of piperidine rings is 1. The maximum atomic E-state index is 13.6. The molecule has 0 aromatic heterocycles. The van der Waals surface area contributed by atoms with Gasteiger partial charge in [0.05, 0.1) is 5.54 Å². The normalized spacial score (nSPS) is 32.0. The van der Waals surface area contributed by atoms with Crippen molar-refractivity contribution in [3.05, 3.63) is 35.9 Å². The van der Waals surface area contributed by atoms with Crippen LogP contribution in [0.2, 0.25) is 0 Å². The second-order valence-corrected chi connectivity index (χ2v) is 10.5. The molecule has 4 fully saturated rings. The number of nitrogens with one attached hydrogen (secondary N) is 1. The molecule has 0 atom stereocenters. The maximum Gasteiger partial charge on any atom is 0.320 e. The number of benzene rings is 1. The summed E-state index contributed by atoms with van der Waals surface area (Å²) in [6.45, 7) is 4.02. The van der Waals surface area contributed by atoms with E-state index in [0.717, 1.165) is 70.6 Å². The first kappa shape index (κ1) is 22.9. The molecule has 4 aliphatic rings. The van der Waals surface area contributed by atoms with Gasteiger partial charge in [-0.15, -0.1) is 12.4 Å². The van der Waals surface area contributed by atoms with Gasteiger partial charge in [-0.2, -0.15) is 0 Å². The van der Waals surface area contributed by atoms with Crippen LogP contribution in [0.3, 0.4) is 0 Å². The highest BCUT2D eigenvalue weighted by Gasteiger charge is 2.56. The SMILES string of the molecule is CN(C)[C@]1(c2ccccc2)CC[C@@]2(CC1)CN(C1CCNCC1)C(=O)N2CC1CC1.Cl. The molecular weight excluding hydrogens is 408 g/mol. The summed E-state index contributed by atoms with van der Waals surface area (Å²) in [6, 6.07) is 11.8. The quantitative estimate of drug-likeness (QED) is 0.740. The van der Waals surface area contributed by atoms with Gasteiger partial charge in [0.15, 0.2) is 0 Å². The van der Waals surface area contributed by atoms with Gasteiger partial charge in [-0.3, -0.25) is 4.90 Å². The van der Waals surface area contributed by atoms with Crippen LogP contribution in [-0.4, -0.2) is 72.6 Å². The van der Waals surface area contributed by atoms with Crippen molar-refractivity contribution in [1.29, 1.82) is 0 Å². The summed E-state index contributed by atoms with van der Waals surface area (Å²) in [4.78, 5) is 20.7. The van der Waals surface area contributed by atoms with Gasteiger partial charge in [-0.05, 0) is 90.0 Å². The molecule has 0 radical (unpaired) electrons. The number of rotatable bonds is 5. The number of carbonyl (C=O) groups excluding carboxylic acids is 1. The number of urea groups is 1. The predicted octanol–water partition coefficient (Wildman–Crippen LogP) is 4.08. The average Bonchev–Trinajstić information content (AvgIpc) is 3.57. The lowest BCUT2D eigenvalue weighted by Crippen LogP contribution is -2.55. The Morgan fingerprint density at radius 1 is 1.00 bits per heavy atom. The lowest BCUT2D eigenvalue weighted by Gasteiger charge is -2.51. The summed E-state index contributed by atoms with van der Waals surface area (Å²) in [5, 5.41) is 3.46. The van der Waals surface area contributed by atoms with Crippen molar-refractivity contribution in [1.82, 2.24) is 20.0 Å². The van der Waals surface area contributed by atoms with Crippen LogP contribution >= 0.6 is 12.4 Å². The van der Waals surface area contributed by atoms with Crippen molar-refractivity contribution in [2.24, 2.45) is 5.92 Å². The third-order valence-electron chi connectivity index (χ3n) is 8.58. The Hall–Kier alpha value is -1.30. The molecule has 0 unspecified atom stereocenters. The minimum atomic E-state index is 0. The highest BCUT2D eigenvalue weighted by Crippen LogP contribution is 2.50. The van der Waals surface area contributed by atoms with Gasteiger partial charge in [0.1, 0.15) is 0 Å². The van der Waals surface area contributed by atoms with Gasteiger partial charge in [-0.1, -0.05) is 30.3 Å². The topological polar surface area (TPSA) is 38.8 Å². The summed E-state index contributed by atoms with van der Waals surface area (Å²) in [5.74, 6) is 0.744. The van der Waals surface area contributed by atoms with Crippen LogP contribution in [-0.2, 0) is 5.54 Å². The second-order valence-electron chi connectivity index (χ2n) is 10.5. The van der Waals surface area contributed by atoms with Crippen LogP contribution in [0, 0.1) is 5.92 Å². The molecule has 5 nitrogen and oxygen atoms in total. The largest absolute Gasteiger partial charge is 0.320 e. The number of nitrogens with zero attached hydrogens (tertiary/aromatic N) is 3. The minimum Gasteiger partial charge on any atom is -0.319 e. The Balaban J connectivity index is 0.00000231. The lowest BCUT2D eigenvalue weighted by molar-refractivity contribution is 0.0225. The summed E-state index contributed by atoms with van der Waals surface area (Å²) in [5.41, 5.74) is 1.56. The molecule has 2 saturated heterocycles. The molecule has 2 aliphatic carbocycles. The molecule has 1 spiro atoms. The van der Waals surface area contributed by atoms with Gasteiger partial charge in [-0.25, -0.2) is 4.79 Å².